The molecule has 0 saturated heterocycles. The van der Waals surface area contributed by atoms with Crippen LogP contribution in [0.4, 0.5) is 5.69 Å². The summed E-state index contributed by atoms with van der Waals surface area (Å²) in [6.07, 6.45) is 0. The Bertz CT molecular complexity index is 802. The van der Waals surface area contributed by atoms with Crippen molar-refractivity contribution in [2.24, 2.45) is 5.92 Å². The number of carbonyl (C=O) groups excluding carboxylic acids is 2. The average molecular weight is 380 g/mol. The van der Waals surface area contributed by atoms with E-state index in [0.717, 1.165) is 0 Å². The summed E-state index contributed by atoms with van der Waals surface area (Å²) in [5.74, 6) is -0.206. The molecule has 0 aliphatic heterocycles. The number of hydrogen-bond donors (Lipinski definition) is 1. The van der Waals surface area contributed by atoms with Gasteiger partial charge in [0.2, 0.25) is 0 Å². The predicted octanol–water partition coefficient (Wildman–Crippen LogP) is 3.31. The second-order valence-electron chi connectivity index (χ2n) is 6.18. The second kappa shape index (κ2) is 8.71. The van der Waals surface area contributed by atoms with Crippen molar-refractivity contribution < 1.29 is 19.1 Å². The molecule has 1 N–H and O–H groups in total. The molecule has 1 aromatic heterocycles. The van der Waals surface area contributed by atoms with Crippen LogP contribution < -0.4 is 10.1 Å². The fraction of sp³-hybridized carbons (Fsp3) is 0.389. The maximum atomic E-state index is 12.3. The third kappa shape index (κ3) is 4.98. The smallest absolute Gasteiger partial charge is 0.343 e. The van der Waals surface area contributed by atoms with Crippen molar-refractivity contribution in [2.75, 3.05) is 19.0 Å². The Morgan fingerprint density at radius 3 is 2.73 bits per heavy atom. The Labute approximate surface area is 157 Å². The topological polar surface area (TPSA) is 82.4 Å². The number of methoxy groups -OCH3 is 1. The minimum Gasteiger partial charge on any atom is -0.497 e. The molecular weight excluding hydrogens is 358 g/mol. The standard InChI is InChI=1S/C18H22ClN3O4/c1-11(2)9-22-17(19)16(12(3)21-22)18(24)26-10-15(23)20-13-6-5-7-14(8-13)25-4/h5-8,11H,9-10H2,1-4H3,(H,20,23). The first-order valence-corrected chi connectivity index (χ1v) is 8.53. The molecule has 0 spiro atoms. The van der Waals surface area contributed by atoms with E-state index in [4.69, 9.17) is 21.1 Å². The maximum Gasteiger partial charge on any atom is 0.343 e. The van der Waals surface area contributed by atoms with Crippen LogP contribution in [0.5, 0.6) is 5.75 Å². The van der Waals surface area contributed by atoms with Gasteiger partial charge in [-0.25, -0.2) is 4.79 Å². The summed E-state index contributed by atoms with van der Waals surface area (Å²) in [7, 11) is 1.54. The van der Waals surface area contributed by atoms with Gasteiger partial charge in [-0.1, -0.05) is 31.5 Å². The van der Waals surface area contributed by atoms with E-state index in [1.165, 1.54) is 7.11 Å². The van der Waals surface area contributed by atoms with Crippen molar-refractivity contribution in [3.63, 3.8) is 0 Å². The van der Waals surface area contributed by atoms with E-state index < -0.39 is 18.5 Å². The van der Waals surface area contributed by atoms with Crippen molar-refractivity contribution >= 4 is 29.2 Å². The summed E-state index contributed by atoms with van der Waals surface area (Å²) in [6, 6.07) is 6.87. The van der Waals surface area contributed by atoms with Gasteiger partial charge in [-0.3, -0.25) is 9.48 Å². The lowest BCUT2D eigenvalue weighted by molar-refractivity contribution is -0.119. The molecule has 26 heavy (non-hydrogen) atoms. The van der Waals surface area contributed by atoms with Crippen LogP contribution in [-0.2, 0) is 16.1 Å². The van der Waals surface area contributed by atoms with Crippen LogP contribution in [0.15, 0.2) is 24.3 Å². The number of rotatable bonds is 7. The monoisotopic (exact) mass is 379 g/mol. The number of anilines is 1. The summed E-state index contributed by atoms with van der Waals surface area (Å²) in [5, 5.41) is 7.11. The Morgan fingerprint density at radius 2 is 2.08 bits per heavy atom. The van der Waals surface area contributed by atoms with E-state index in [9.17, 15) is 9.59 Å². The molecule has 0 aliphatic carbocycles. The Hall–Kier alpha value is -2.54. The van der Waals surface area contributed by atoms with Crippen LogP contribution in [0.2, 0.25) is 5.15 Å². The van der Waals surface area contributed by atoms with Crippen LogP contribution in [0.25, 0.3) is 0 Å². The SMILES string of the molecule is COc1cccc(NC(=O)COC(=O)c2c(C)nn(CC(C)C)c2Cl)c1. The third-order valence-corrected chi connectivity index (χ3v) is 3.88. The molecule has 1 aromatic carbocycles. The van der Waals surface area contributed by atoms with Crippen LogP contribution in [0.1, 0.15) is 29.9 Å². The van der Waals surface area contributed by atoms with Crippen LogP contribution in [0, 0.1) is 12.8 Å². The first kappa shape index (κ1) is 19.8. The lowest BCUT2D eigenvalue weighted by Crippen LogP contribution is -2.21. The maximum absolute atomic E-state index is 12.3. The number of benzene rings is 1. The molecule has 0 unspecified atom stereocenters. The van der Waals surface area contributed by atoms with Crippen molar-refractivity contribution in [2.45, 2.75) is 27.3 Å². The van der Waals surface area contributed by atoms with Gasteiger partial charge in [-0.05, 0) is 25.0 Å². The quantitative estimate of drug-likeness (QED) is 0.746. The zero-order valence-electron chi connectivity index (χ0n) is 15.2. The highest BCUT2D eigenvalue weighted by Crippen LogP contribution is 2.22. The van der Waals surface area contributed by atoms with E-state index in [1.54, 1.807) is 35.9 Å². The van der Waals surface area contributed by atoms with E-state index in [2.05, 4.69) is 10.4 Å². The first-order chi connectivity index (χ1) is 12.3. The summed E-state index contributed by atoms with van der Waals surface area (Å²) in [6.45, 7) is 5.88. The molecule has 1 amide bonds. The van der Waals surface area contributed by atoms with Crippen molar-refractivity contribution in [1.82, 2.24) is 9.78 Å². The Balaban J connectivity index is 1.97. The van der Waals surface area contributed by atoms with E-state index in [1.807, 2.05) is 13.8 Å². The number of ether oxygens (including phenoxy) is 2. The molecule has 7 nitrogen and oxygen atoms in total. The van der Waals surface area contributed by atoms with Gasteiger partial charge >= 0.3 is 5.97 Å². The lowest BCUT2D eigenvalue weighted by atomic mass is 10.2. The van der Waals surface area contributed by atoms with Crippen LogP contribution in [-0.4, -0.2) is 35.4 Å². The van der Waals surface area contributed by atoms with Gasteiger partial charge in [0.15, 0.2) is 6.61 Å². The number of halogens is 1. The van der Waals surface area contributed by atoms with Crippen molar-refractivity contribution in [1.29, 1.82) is 0 Å². The average Bonchev–Trinajstić information content (AvgIpc) is 2.86. The summed E-state index contributed by atoms with van der Waals surface area (Å²) >= 11 is 6.23. The second-order valence-corrected chi connectivity index (χ2v) is 6.54. The number of esters is 1. The highest BCUT2D eigenvalue weighted by Gasteiger charge is 2.22. The zero-order valence-corrected chi connectivity index (χ0v) is 16.0. The van der Waals surface area contributed by atoms with Gasteiger partial charge in [-0.2, -0.15) is 5.10 Å². The fourth-order valence-corrected chi connectivity index (χ4v) is 2.67. The third-order valence-electron chi connectivity index (χ3n) is 3.50. The fourth-order valence-electron chi connectivity index (χ4n) is 2.35. The number of nitrogens with zero attached hydrogens (tertiary/aromatic N) is 2. The molecule has 0 fully saturated rings. The van der Waals surface area contributed by atoms with Gasteiger partial charge in [-0.15, -0.1) is 0 Å². The molecule has 1 heterocycles. The lowest BCUT2D eigenvalue weighted by Gasteiger charge is -2.08. The molecule has 8 heteroatoms. The number of aryl methyl sites for hydroxylation is 1. The van der Waals surface area contributed by atoms with Crippen molar-refractivity contribution in [3.05, 3.63) is 40.7 Å². The number of hydrogen-bond acceptors (Lipinski definition) is 5. The zero-order chi connectivity index (χ0) is 19.3. The highest BCUT2D eigenvalue weighted by molar-refractivity contribution is 6.32. The molecule has 2 aromatic rings. The van der Waals surface area contributed by atoms with Crippen molar-refractivity contribution in [3.8, 4) is 5.75 Å². The van der Waals surface area contributed by atoms with Gasteiger partial charge in [0.25, 0.3) is 5.91 Å². The van der Waals surface area contributed by atoms with Gasteiger partial charge in [0, 0.05) is 18.3 Å². The highest BCUT2D eigenvalue weighted by atomic mass is 35.5. The molecule has 0 saturated carbocycles. The summed E-state index contributed by atoms with van der Waals surface area (Å²) < 4.78 is 11.7. The predicted molar refractivity (Wildman–Crippen MR) is 98.7 cm³/mol. The van der Waals surface area contributed by atoms with E-state index >= 15 is 0 Å². The molecule has 0 bridgehead atoms. The minimum atomic E-state index is -0.678. The van der Waals surface area contributed by atoms with Gasteiger partial charge < -0.3 is 14.8 Å². The molecule has 0 atom stereocenters. The number of amides is 1. The molecule has 0 radical (unpaired) electrons. The van der Waals surface area contributed by atoms with E-state index in [-0.39, 0.29) is 10.7 Å². The molecule has 0 aliphatic rings. The Kier molecular flexibility index (Phi) is 6.63. The van der Waals surface area contributed by atoms with Gasteiger partial charge in [0.05, 0.1) is 12.8 Å². The van der Waals surface area contributed by atoms with E-state index in [0.29, 0.717) is 29.6 Å². The minimum absolute atomic E-state index is 0.182. The van der Waals surface area contributed by atoms with Gasteiger partial charge in [0.1, 0.15) is 16.5 Å². The number of aromatic nitrogens is 2. The summed E-state index contributed by atoms with van der Waals surface area (Å²) in [5.41, 5.74) is 1.19. The number of nitrogens with one attached hydrogen (secondary N) is 1. The molecular formula is C18H22ClN3O4. The van der Waals surface area contributed by atoms with Crippen LogP contribution >= 0.6 is 11.6 Å². The first-order valence-electron chi connectivity index (χ1n) is 8.15. The molecule has 140 valence electrons. The molecule has 2 rings (SSSR count). The largest absolute Gasteiger partial charge is 0.497 e. The normalized spacial score (nSPS) is 10.7. The number of carbonyl (C=O) groups is 2. The van der Waals surface area contributed by atoms with Crippen LogP contribution in [0.3, 0.4) is 0 Å². The summed E-state index contributed by atoms with van der Waals surface area (Å²) in [4.78, 5) is 24.3. The Morgan fingerprint density at radius 1 is 1.35 bits per heavy atom.